The molecule has 1 aromatic carbocycles. The number of benzene rings is 1. The highest BCUT2D eigenvalue weighted by Gasteiger charge is 2.34. The Bertz CT molecular complexity index is 412. The van der Waals surface area contributed by atoms with Crippen LogP contribution in [-0.4, -0.2) is 6.54 Å². The van der Waals surface area contributed by atoms with Gasteiger partial charge < -0.3 is 5.32 Å². The molecule has 1 rings (SSSR count). The molecule has 1 atom stereocenters. The van der Waals surface area contributed by atoms with Crippen molar-refractivity contribution in [2.24, 2.45) is 5.92 Å². The van der Waals surface area contributed by atoms with E-state index >= 15 is 0 Å². The maximum Gasteiger partial charge on any atom is 0.419 e. The average molecular weight is 277 g/mol. The SMILES string of the molecule is CCCNC(c1ccc(F)c(C(F)(F)F)c1)C(C)C. The van der Waals surface area contributed by atoms with Crippen LogP contribution in [0.15, 0.2) is 18.2 Å². The molecule has 0 aliphatic rings. The van der Waals surface area contributed by atoms with Gasteiger partial charge in [-0.05, 0) is 36.6 Å². The van der Waals surface area contributed by atoms with Gasteiger partial charge >= 0.3 is 6.18 Å². The van der Waals surface area contributed by atoms with Crippen LogP contribution in [0.1, 0.15) is 44.4 Å². The molecule has 0 saturated heterocycles. The van der Waals surface area contributed by atoms with Crippen LogP contribution in [0.5, 0.6) is 0 Å². The van der Waals surface area contributed by atoms with Crippen LogP contribution >= 0.6 is 0 Å². The molecule has 0 spiro atoms. The Balaban J connectivity index is 3.11. The molecule has 0 fully saturated rings. The monoisotopic (exact) mass is 277 g/mol. The molecular formula is C14H19F4N. The summed E-state index contributed by atoms with van der Waals surface area (Å²) in [5.41, 5.74) is -0.730. The zero-order valence-electron chi connectivity index (χ0n) is 11.3. The third-order valence-electron chi connectivity index (χ3n) is 2.94. The average Bonchev–Trinajstić information content (AvgIpc) is 2.29. The Kier molecular flexibility index (Phi) is 5.35. The van der Waals surface area contributed by atoms with Gasteiger partial charge in [0.1, 0.15) is 5.82 Å². The molecule has 0 aromatic heterocycles. The highest BCUT2D eigenvalue weighted by molar-refractivity contribution is 5.29. The molecule has 0 aliphatic heterocycles. The standard InChI is InChI=1S/C14H19F4N/c1-4-7-19-13(9(2)3)10-5-6-12(15)11(8-10)14(16,17)18/h5-6,8-9,13,19H,4,7H2,1-3H3. The fraction of sp³-hybridized carbons (Fsp3) is 0.571. The Morgan fingerprint density at radius 1 is 1.21 bits per heavy atom. The smallest absolute Gasteiger partial charge is 0.310 e. The molecule has 0 heterocycles. The van der Waals surface area contributed by atoms with Gasteiger partial charge in [0, 0.05) is 6.04 Å². The first-order chi connectivity index (χ1) is 8.77. The largest absolute Gasteiger partial charge is 0.419 e. The van der Waals surface area contributed by atoms with Gasteiger partial charge in [0.05, 0.1) is 5.56 Å². The number of rotatable bonds is 5. The van der Waals surface area contributed by atoms with Crippen molar-refractivity contribution in [3.8, 4) is 0 Å². The van der Waals surface area contributed by atoms with Crippen molar-refractivity contribution >= 4 is 0 Å². The summed E-state index contributed by atoms with van der Waals surface area (Å²) >= 11 is 0. The fourth-order valence-corrected chi connectivity index (χ4v) is 1.99. The second-order valence-electron chi connectivity index (χ2n) is 4.91. The first-order valence-corrected chi connectivity index (χ1v) is 6.37. The van der Waals surface area contributed by atoms with E-state index in [1.54, 1.807) is 0 Å². The summed E-state index contributed by atoms with van der Waals surface area (Å²) < 4.78 is 51.3. The summed E-state index contributed by atoms with van der Waals surface area (Å²) in [4.78, 5) is 0. The maximum absolute atomic E-state index is 13.2. The molecule has 1 unspecified atom stereocenters. The predicted octanol–water partition coefficient (Wildman–Crippen LogP) is 4.54. The summed E-state index contributed by atoms with van der Waals surface area (Å²) in [6.45, 7) is 6.53. The molecular weight excluding hydrogens is 258 g/mol. The zero-order chi connectivity index (χ0) is 14.6. The van der Waals surface area contributed by atoms with Gasteiger partial charge in [-0.2, -0.15) is 13.2 Å². The van der Waals surface area contributed by atoms with Gasteiger partial charge in [0.25, 0.3) is 0 Å². The molecule has 0 bridgehead atoms. The molecule has 1 nitrogen and oxygen atoms in total. The lowest BCUT2D eigenvalue weighted by atomic mass is 9.94. The Labute approximate surface area is 111 Å². The summed E-state index contributed by atoms with van der Waals surface area (Å²) in [5.74, 6) is -1.10. The molecule has 19 heavy (non-hydrogen) atoms. The summed E-state index contributed by atoms with van der Waals surface area (Å²) in [5, 5.41) is 3.19. The molecule has 1 aromatic rings. The van der Waals surface area contributed by atoms with Gasteiger partial charge in [-0.15, -0.1) is 0 Å². The molecule has 0 amide bonds. The predicted molar refractivity (Wildman–Crippen MR) is 67.3 cm³/mol. The van der Waals surface area contributed by atoms with Crippen molar-refractivity contribution in [1.82, 2.24) is 5.32 Å². The summed E-state index contributed by atoms with van der Waals surface area (Å²) in [7, 11) is 0. The minimum atomic E-state index is -4.66. The minimum absolute atomic E-state index is 0.123. The summed E-state index contributed by atoms with van der Waals surface area (Å²) in [6.07, 6.45) is -3.77. The van der Waals surface area contributed by atoms with E-state index in [4.69, 9.17) is 0 Å². The van der Waals surface area contributed by atoms with Crippen molar-refractivity contribution in [2.45, 2.75) is 39.4 Å². The minimum Gasteiger partial charge on any atom is -0.310 e. The Morgan fingerprint density at radius 3 is 2.32 bits per heavy atom. The van der Waals surface area contributed by atoms with Crippen LogP contribution in [0.2, 0.25) is 0 Å². The van der Waals surface area contributed by atoms with E-state index in [1.165, 1.54) is 6.07 Å². The third kappa shape index (κ3) is 4.20. The second-order valence-corrected chi connectivity index (χ2v) is 4.91. The van der Waals surface area contributed by atoms with E-state index in [0.29, 0.717) is 12.1 Å². The van der Waals surface area contributed by atoms with Gasteiger partial charge in [0.2, 0.25) is 0 Å². The molecule has 0 aliphatic carbocycles. The van der Waals surface area contributed by atoms with E-state index in [0.717, 1.165) is 18.6 Å². The number of nitrogens with one attached hydrogen (secondary N) is 1. The topological polar surface area (TPSA) is 12.0 Å². The van der Waals surface area contributed by atoms with Crippen LogP contribution in [-0.2, 0) is 6.18 Å². The van der Waals surface area contributed by atoms with E-state index in [9.17, 15) is 17.6 Å². The first kappa shape index (κ1) is 16.0. The van der Waals surface area contributed by atoms with E-state index in [1.807, 2.05) is 20.8 Å². The second kappa shape index (κ2) is 6.37. The van der Waals surface area contributed by atoms with Gasteiger partial charge in [0.15, 0.2) is 0 Å². The lowest BCUT2D eigenvalue weighted by Gasteiger charge is -2.24. The quantitative estimate of drug-likeness (QED) is 0.779. The van der Waals surface area contributed by atoms with E-state index in [-0.39, 0.29) is 12.0 Å². The third-order valence-corrected chi connectivity index (χ3v) is 2.94. The van der Waals surface area contributed by atoms with Crippen molar-refractivity contribution in [2.75, 3.05) is 6.54 Å². The normalized spacial score (nSPS) is 13.9. The highest BCUT2D eigenvalue weighted by atomic mass is 19.4. The number of hydrogen-bond donors (Lipinski definition) is 1. The van der Waals surface area contributed by atoms with Crippen LogP contribution in [0, 0.1) is 11.7 Å². The molecule has 0 radical (unpaired) electrons. The van der Waals surface area contributed by atoms with Crippen molar-refractivity contribution in [1.29, 1.82) is 0 Å². The van der Waals surface area contributed by atoms with Crippen molar-refractivity contribution < 1.29 is 17.6 Å². The van der Waals surface area contributed by atoms with Gasteiger partial charge in [-0.25, -0.2) is 4.39 Å². The van der Waals surface area contributed by atoms with Crippen LogP contribution in [0.3, 0.4) is 0 Å². The lowest BCUT2D eigenvalue weighted by Crippen LogP contribution is -2.27. The van der Waals surface area contributed by atoms with Crippen LogP contribution in [0.25, 0.3) is 0 Å². The first-order valence-electron chi connectivity index (χ1n) is 6.37. The molecule has 0 saturated carbocycles. The zero-order valence-corrected chi connectivity index (χ0v) is 11.3. The maximum atomic E-state index is 13.2. The van der Waals surface area contributed by atoms with Gasteiger partial charge in [-0.3, -0.25) is 0 Å². The number of alkyl halides is 3. The highest BCUT2D eigenvalue weighted by Crippen LogP contribution is 2.34. The van der Waals surface area contributed by atoms with E-state index < -0.39 is 17.6 Å². The lowest BCUT2D eigenvalue weighted by molar-refractivity contribution is -0.140. The molecule has 1 N–H and O–H groups in total. The molecule has 5 heteroatoms. The van der Waals surface area contributed by atoms with Crippen molar-refractivity contribution in [3.63, 3.8) is 0 Å². The Hall–Kier alpha value is -1.10. The Morgan fingerprint density at radius 2 is 1.84 bits per heavy atom. The van der Waals surface area contributed by atoms with Crippen molar-refractivity contribution in [3.05, 3.63) is 35.1 Å². The van der Waals surface area contributed by atoms with Gasteiger partial charge in [-0.1, -0.05) is 26.8 Å². The van der Waals surface area contributed by atoms with E-state index in [2.05, 4.69) is 5.32 Å². The fourth-order valence-electron chi connectivity index (χ4n) is 1.99. The summed E-state index contributed by atoms with van der Waals surface area (Å²) in [6, 6.07) is 3.00. The number of halogens is 4. The van der Waals surface area contributed by atoms with Crippen LogP contribution < -0.4 is 5.32 Å². The number of hydrogen-bond acceptors (Lipinski definition) is 1. The molecule has 108 valence electrons. The van der Waals surface area contributed by atoms with Crippen LogP contribution in [0.4, 0.5) is 17.6 Å².